The summed E-state index contributed by atoms with van der Waals surface area (Å²) in [5, 5.41) is 0. The molecular weight excluding hydrogens is 156 g/mol. The van der Waals surface area contributed by atoms with E-state index in [4.69, 9.17) is 10.5 Å². The largest absolute Gasteiger partial charge is 0.383 e. The van der Waals surface area contributed by atoms with Crippen molar-refractivity contribution in [3.05, 3.63) is 0 Å². The maximum absolute atomic E-state index is 10.9. The molecule has 0 aromatic rings. The van der Waals surface area contributed by atoms with Gasteiger partial charge in [-0.05, 0) is 19.3 Å². The fourth-order valence-corrected chi connectivity index (χ4v) is 1.66. The second kappa shape index (κ2) is 4.30. The second-order valence-electron chi connectivity index (χ2n) is 3.14. The molecule has 1 heterocycles. The Bertz CT molecular complexity index is 159. The molecule has 1 rings (SSSR count). The third-order valence-corrected chi connectivity index (χ3v) is 2.27. The Morgan fingerprint density at radius 3 is 3.00 bits per heavy atom. The first-order chi connectivity index (χ1) is 5.75. The summed E-state index contributed by atoms with van der Waals surface area (Å²) in [4.78, 5) is 12.6. The molecule has 0 aromatic carbocycles. The third kappa shape index (κ3) is 2.11. The summed E-state index contributed by atoms with van der Waals surface area (Å²) in [6.07, 6.45) is 3.23. The van der Waals surface area contributed by atoms with Gasteiger partial charge in [-0.15, -0.1) is 0 Å². The average molecular weight is 172 g/mol. The van der Waals surface area contributed by atoms with Crippen LogP contribution in [0.2, 0.25) is 0 Å². The van der Waals surface area contributed by atoms with Crippen LogP contribution >= 0.6 is 0 Å². The molecule has 1 aliphatic rings. The van der Waals surface area contributed by atoms with Gasteiger partial charge in [0.2, 0.25) is 0 Å². The highest BCUT2D eigenvalue weighted by Crippen LogP contribution is 2.16. The summed E-state index contributed by atoms with van der Waals surface area (Å²) < 4.78 is 5.01. The highest BCUT2D eigenvalue weighted by molar-refractivity contribution is 5.72. The van der Waals surface area contributed by atoms with Gasteiger partial charge in [-0.25, -0.2) is 4.79 Å². The highest BCUT2D eigenvalue weighted by atomic mass is 16.5. The number of primary amides is 1. The van der Waals surface area contributed by atoms with Crippen LogP contribution in [0.1, 0.15) is 19.3 Å². The van der Waals surface area contributed by atoms with Crippen molar-refractivity contribution in [1.82, 2.24) is 4.90 Å². The molecule has 0 saturated carbocycles. The van der Waals surface area contributed by atoms with E-state index in [1.54, 1.807) is 12.0 Å². The summed E-state index contributed by atoms with van der Waals surface area (Å²) in [5.74, 6) is 0. The van der Waals surface area contributed by atoms with Crippen molar-refractivity contribution in [2.75, 3.05) is 20.3 Å². The van der Waals surface area contributed by atoms with Crippen molar-refractivity contribution >= 4 is 6.03 Å². The average Bonchev–Trinajstić information content (AvgIpc) is 2.05. The monoisotopic (exact) mass is 172 g/mol. The van der Waals surface area contributed by atoms with Crippen LogP contribution in [0.5, 0.6) is 0 Å². The Labute approximate surface area is 72.7 Å². The highest BCUT2D eigenvalue weighted by Gasteiger charge is 2.24. The maximum atomic E-state index is 10.9. The van der Waals surface area contributed by atoms with E-state index in [0.717, 1.165) is 25.8 Å². The van der Waals surface area contributed by atoms with E-state index in [1.807, 2.05) is 0 Å². The van der Waals surface area contributed by atoms with E-state index >= 15 is 0 Å². The van der Waals surface area contributed by atoms with Gasteiger partial charge in [0.25, 0.3) is 0 Å². The van der Waals surface area contributed by atoms with Gasteiger partial charge in [0.1, 0.15) is 0 Å². The zero-order valence-electron chi connectivity index (χ0n) is 7.45. The van der Waals surface area contributed by atoms with Crippen LogP contribution in [0.25, 0.3) is 0 Å². The lowest BCUT2D eigenvalue weighted by molar-refractivity contribution is 0.0862. The SMILES string of the molecule is COCC1CCCCN1C(N)=O. The Balaban J connectivity index is 2.48. The number of piperidine rings is 1. The van der Waals surface area contributed by atoms with Gasteiger partial charge in [-0.2, -0.15) is 0 Å². The molecule has 0 aliphatic carbocycles. The summed E-state index contributed by atoms with van der Waals surface area (Å²) in [5.41, 5.74) is 5.22. The molecule has 1 unspecified atom stereocenters. The Kier molecular flexibility index (Phi) is 3.34. The van der Waals surface area contributed by atoms with Crippen LogP contribution in [0.3, 0.4) is 0 Å². The Hall–Kier alpha value is -0.770. The molecule has 4 heteroatoms. The quantitative estimate of drug-likeness (QED) is 0.662. The molecule has 12 heavy (non-hydrogen) atoms. The van der Waals surface area contributed by atoms with Crippen molar-refractivity contribution in [3.63, 3.8) is 0 Å². The first-order valence-electron chi connectivity index (χ1n) is 4.30. The van der Waals surface area contributed by atoms with Gasteiger partial charge in [0, 0.05) is 13.7 Å². The van der Waals surface area contributed by atoms with Gasteiger partial charge in [0.15, 0.2) is 0 Å². The minimum absolute atomic E-state index is 0.196. The molecule has 2 amide bonds. The van der Waals surface area contributed by atoms with E-state index in [2.05, 4.69) is 0 Å². The molecule has 1 aliphatic heterocycles. The van der Waals surface area contributed by atoms with Gasteiger partial charge < -0.3 is 15.4 Å². The van der Waals surface area contributed by atoms with Crippen molar-refractivity contribution in [1.29, 1.82) is 0 Å². The molecular formula is C8H16N2O2. The fraction of sp³-hybridized carbons (Fsp3) is 0.875. The van der Waals surface area contributed by atoms with Crippen molar-refractivity contribution in [2.45, 2.75) is 25.3 Å². The van der Waals surface area contributed by atoms with Gasteiger partial charge in [-0.3, -0.25) is 0 Å². The zero-order chi connectivity index (χ0) is 8.97. The molecule has 70 valence electrons. The smallest absolute Gasteiger partial charge is 0.315 e. The summed E-state index contributed by atoms with van der Waals surface area (Å²) >= 11 is 0. The van der Waals surface area contributed by atoms with E-state index in [-0.39, 0.29) is 12.1 Å². The van der Waals surface area contributed by atoms with Crippen molar-refractivity contribution in [2.24, 2.45) is 5.73 Å². The third-order valence-electron chi connectivity index (χ3n) is 2.27. The van der Waals surface area contributed by atoms with Crippen LogP contribution in [-0.2, 0) is 4.74 Å². The number of amides is 2. The van der Waals surface area contributed by atoms with Crippen LogP contribution in [-0.4, -0.2) is 37.2 Å². The van der Waals surface area contributed by atoms with Crippen molar-refractivity contribution < 1.29 is 9.53 Å². The molecule has 1 saturated heterocycles. The lowest BCUT2D eigenvalue weighted by atomic mass is 10.0. The van der Waals surface area contributed by atoms with Crippen molar-refractivity contribution in [3.8, 4) is 0 Å². The molecule has 2 N–H and O–H groups in total. The molecule has 1 atom stereocenters. The predicted octanol–water partition coefficient (Wildman–Crippen LogP) is 0.566. The summed E-state index contributed by atoms with van der Waals surface area (Å²) in [6.45, 7) is 1.38. The first-order valence-corrected chi connectivity index (χ1v) is 4.30. The topological polar surface area (TPSA) is 55.6 Å². The minimum Gasteiger partial charge on any atom is -0.383 e. The minimum atomic E-state index is -0.322. The lowest BCUT2D eigenvalue weighted by Crippen LogP contribution is -2.48. The predicted molar refractivity (Wildman–Crippen MR) is 45.8 cm³/mol. The number of carbonyl (C=O) groups excluding carboxylic acids is 1. The number of methoxy groups -OCH3 is 1. The molecule has 0 radical (unpaired) electrons. The van der Waals surface area contributed by atoms with Crippen LogP contribution < -0.4 is 5.73 Å². The Morgan fingerprint density at radius 2 is 2.42 bits per heavy atom. The van der Waals surface area contributed by atoms with Crippen LogP contribution in [0, 0.1) is 0 Å². The van der Waals surface area contributed by atoms with E-state index in [0.29, 0.717) is 6.61 Å². The zero-order valence-corrected chi connectivity index (χ0v) is 7.45. The molecule has 1 fully saturated rings. The molecule has 4 nitrogen and oxygen atoms in total. The summed E-state index contributed by atoms with van der Waals surface area (Å²) in [7, 11) is 1.65. The second-order valence-corrected chi connectivity index (χ2v) is 3.14. The maximum Gasteiger partial charge on any atom is 0.315 e. The number of nitrogens with two attached hydrogens (primary N) is 1. The van der Waals surface area contributed by atoms with Crippen LogP contribution in [0.4, 0.5) is 4.79 Å². The fourth-order valence-electron chi connectivity index (χ4n) is 1.66. The number of urea groups is 1. The lowest BCUT2D eigenvalue weighted by Gasteiger charge is -2.33. The molecule has 0 spiro atoms. The van der Waals surface area contributed by atoms with Gasteiger partial charge in [0.05, 0.1) is 12.6 Å². The number of nitrogens with zero attached hydrogens (tertiary/aromatic N) is 1. The standard InChI is InChI=1S/C8H16N2O2/c1-12-6-7-4-2-3-5-10(7)8(9)11/h7H,2-6H2,1H3,(H2,9,11). The number of carbonyl (C=O) groups is 1. The van der Waals surface area contributed by atoms with Gasteiger partial charge >= 0.3 is 6.03 Å². The van der Waals surface area contributed by atoms with E-state index in [1.165, 1.54) is 0 Å². The van der Waals surface area contributed by atoms with Gasteiger partial charge in [-0.1, -0.05) is 0 Å². The van der Waals surface area contributed by atoms with E-state index < -0.39 is 0 Å². The molecule has 0 aromatic heterocycles. The van der Waals surface area contributed by atoms with Crippen LogP contribution in [0.15, 0.2) is 0 Å². The Morgan fingerprint density at radius 1 is 1.67 bits per heavy atom. The number of ether oxygens (including phenoxy) is 1. The summed E-state index contributed by atoms with van der Waals surface area (Å²) in [6, 6.07) is -0.127. The number of rotatable bonds is 2. The normalized spacial score (nSPS) is 24.1. The number of hydrogen-bond donors (Lipinski definition) is 1. The number of likely N-dealkylation sites (tertiary alicyclic amines) is 1. The van der Waals surface area contributed by atoms with E-state index in [9.17, 15) is 4.79 Å². The first kappa shape index (κ1) is 9.32. The number of hydrogen-bond acceptors (Lipinski definition) is 2. The molecule has 0 bridgehead atoms.